The first-order valence-corrected chi connectivity index (χ1v) is 6.82. The van der Waals surface area contributed by atoms with Crippen molar-refractivity contribution in [3.05, 3.63) is 29.8 Å². The van der Waals surface area contributed by atoms with Crippen LogP contribution in [0.2, 0.25) is 0 Å². The summed E-state index contributed by atoms with van der Waals surface area (Å²) in [5.41, 5.74) is 1.35. The molecule has 1 aromatic rings. The molecule has 0 unspecified atom stereocenters. The zero-order chi connectivity index (χ0) is 15.1. The number of hydrogen-bond acceptors (Lipinski definition) is 3. The number of nitrogens with zero attached hydrogens (tertiary/aromatic N) is 1. The molecular weight excluding hydrogens is 274 g/mol. The third-order valence-electron chi connectivity index (χ3n) is 2.49. The summed E-state index contributed by atoms with van der Waals surface area (Å²) >= 11 is 0. The van der Waals surface area contributed by atoms with Crippen LogP contribution in [0.25, 0.3) is 0 Å². The van der Waals surface area contributed by atoms with Gasteiger partial charge < -0.3 is 14.4 Å². The lowest BCUT2D eigenvalue weighted by atomic mass is 10.2. The van der Waals surface area contributed by atoms with E-state index in [2.05, 4.69) is 49.7 Å². The molecule has 0 aliphatic heterocycles. The fraction of sp³-hybridized carbons (Fsp3) is 0.684. The zero-order valence-corrected chi connectivity index (χ0v) is 13.7. The van der Waals surface area contributed by atoms with Gasteiger partial charge in [0.1, 0.15) is 5.75 Å². The Morgan fingerprint density at radius 3 is 1.41 bits per heavy atom. The SMILES string of the molecule is C.C.C.CCN(C)C.CCOC.CCc1ccc(OC)cc1. The Balaban J connectivity index is -0.0000000700. The topological polar surface area (TPSA) is 21.7 Å². The van der Waals surface area contributed by atoms with Gasteiger partial charge in [-0.25, -0.2) is 0 Å². The monoisotopic (exact) mass is 317 g/mol. The molecule has 0 saturated heterocycles. The minimum Gasteiger partial charge on any atom is -0.497 e. The van der Waals surface area contributed by atoms with Crippen LogP contribution in [0.5, 0.6) is 5.75 Å². The van der Waals surface area contributed by atoms with Gasteiger partial charge in [-0.2, -0.15) is 0 Å². The summed E-state index contributed by atoms with van der Waals surface area (Å²) in [6.07, 6.45) is 1.09. The Morgan fingerprint density at radius 2 is 1.23 bits per heavy atom. The summed E-state index contributed by atoms with van der Waals surface area (Å²) in [7, 11) is 7.47. The smallest absolute Gasteiger partial charge is 0.118 e. The van der Waals surface area contributed by atoms with Crippen molar-refractivity contribution in [3.63, 3.8) is 0 Å². The number of rotatable bonds is 4. The first kappa shape index (κ1) is 32.8. The quantitative estimate of drug-likeness (QED) is 0.743. The second kappa shape index (κ2) is 24.9. The van der Waals surface area contributed by atoms with E-state index in [0.29, 0.717) is 0 Å². The number of ether oxygens (including phenoxy) is 2. The van der Waals surface area contributed by atoms with Gasteiger partial charge in [0.2, 0.25) is 0 Å². The van der Waals surface area contributed by atoms with E-state index < -0.39 is 0 Å². The highest BCUT2D eigenvalue weighted by molar-refractivity contribution is 5.26. The van der Waals surface area contributed by atoms with Crippen molar-refractivity contribution in [3.8, 4) is 5.75 Å². The Bertz CT molecular complexity index is 246. The standard InChI is InChI=1S/C9H12O.C4H11N.C3H8O.3CH4/c1-3-8-4-6-9(10-2)7-5-8;1-4-5(2)3;1-3-4-2;;;/h4-7H,3H2,1-2H3;4H2,1-3H3;3H2,1-2H3;3*1H4. The Labute approximate surface area is 141 Å². The number of aryl methyl sites for hydroxylation is 1. The molecule has 0 aliphatic carbocycles. The molecule has 0 spiro atoms. The van der Waals surface area contributed by atoms with Gasteiger partial charge in [-0.15, -0.1) is 0 Å². The van der Waals surface area contributed by atoms with E-state index in [-0.39, 0.29) is 22.3 Å². The fourth-order valence-corrected chi connectivity index (χ4v) is 0.861. The summed E-state index contributed by atoms with van der Waals surface area (Å²) in [6.45, 7) is 8.18. The maximum absolute atomic E-state index is 5.01. The molecule has 0 atom stereocenters. The second-order valence-corrected chi connectivity index (χ2v) is 4.17. The van der Waals surface area contributed by atoms with E-state index in [4.69, 9.17) is 4.74 Å². The van der Waals surface area contributed by atoms with E-state index in [1.807, 2.05) is 19.1 Å². The molecule has 1 rings (SSSR count). The summed E-state index contributed by atoms with van der Waals surface area (Å²) < 4.78 is 9.56. The first-order chi connectivity index (χ1) is 9.05. The first-order valence-electron chi connectivity index (χ1n) is 6.82. The molecule has 0 aromatic heterocycles. The Kier molecular flexibility index (Phi) is 37.1. The zero-order valence-electron chi connectivity index (χ0n) is 13.7. The highest BCUT2D eigenvalue weighted by Gasteiger charge is 1.89. The van der Waals surface area contributed by atoms with Gasteiger partial charge in [-0.1, -0.05) is 48.3 Å². The molecule has 22 heavy (non-hydrogen) atoms. The lowest BCUT2D eigenvalue weighted by molar-refractivity contribution is 0.215. The molecule has 0 bridgehead atoms. The fourth-order valence-electron chi connectivity index (χ4n) is 0.861. The molecule has 0 aliphatic rings. The van der Waals surface area contributed by atoms with Crippen molar-refractivity contribution >= 4 is 0 Å². The number of benzene rings is 1. The molecule has 0 heterocycles. The average Bonchev–Trinajstić information content (AvgIpc) is 2.48. The van der Waals surface area contributed by atoms with Crippen LogP contribution in [0.3, 0.4) is 0 Å². The molecule has 0 radical (unpaired) electrons. The van der Waals surface area contributed by atoms with E-state index >= 15 is 0 Å². The predicted molar refractivity (Wildman–Crippen MR) is 104 cm³/mol. The predicted octanol–water partition coefficient (Wildman–Crippen LogP) is 5.39. The molecule has 0 saturated carbocycles. The van der Waals surface area contributed by atoms with Gasteiger partial charge in [0.05, 0.1) is 7.11 Å². The molecule has 0 fully saturated rings. The summed E-state index contributed by atoms with van der Waals surface area (Å²) in [5.74, 6) is 0.928. The van der Waals surface area contributed by atoms with Gasteiger partial charge in [0, 0.05) is 13.7 Å². The summed E-state index contributed by atoms with van der Waals surface area (Å²) in [4.78, 5) is 2.12. The van der Waals surface area contributed by atoms with E-state index in [9.17, 15) is 0 Å². The van der Waals surface area contributed by atoms with E-state index in [0.717, 1.165) is 25.3 Å². The molecule has 1 aromatic carbocycles. The van der Waals surface area contributed by atoms with Gasteiger partial charge in [-0.05, 0) is 51.7 Å². The highest BCUT2D eigenvalue weighted by atomic mass is 16.5. The third kappa shape index (κ3) is 24.0. The summed E-state index contributed by atoms with van der Waals surface area (Å²) in [5, 5.41) is 0. The number of methoxy groups -OCH3 is 2. The van der Waals surface area contributed by atoms with E-state index in [1.54, 1.807) is 14.2 Å². The minimum absolute atomic E-state index is 0. The van der Waals surface area contributed by atoms with Crippen LogP contribution in [0.4, 0.5) is 0 Å². The maximum atomic E-state index is 5.01. The molecule has 0 amide bonds. The molecule has 3 nitrogen and oxygen atoms in total. The minimum atomic E-state index is 0. The van der Waals surface area contributed by atoms with Crippen LogP contribution in [-0.4, -0.2) is 46.4 Å². The van der Waals surface area contributed by atoms with Crippen LogP contribution in [0.1, 0.15) is 48.6 Å². The van der Waals surface area contributed by atoms with Gasteiger partial charge in [0.25, 0.3) is 0 Å². The van der Waals surface area contributed by atoms with Crippen molar-refractivity contribution < 1.29 is 9.47 Å². The maximum Gasteiger partial charge on any atom is 0.118 e. The van der Waals surface area contributed by atoms with Crippen LogP contribution >= 0.6 is 0 Å². The summed E-state index contributed by atoms with van der Waals surface area (Å²) in [6, 6.07) is 8.13. The van der Waals surface area contributed by atoms with E-state index in [1.165, 1.54) is 5.56 Å². The van der Waals surface area contributed by atoms with Crippen LogP contribution < -0.4 is 4.74 Å². The second-order valence-electron chi connectivity index (χ2n) is 4.17. The van der Waals surface area contributed by atoms with Crippen molar-refractivity contribution in [1.82, 2.24) is 4.90 Å². The molecular formula is C19H43NO2. The van der Waals surface area contributed by atoms with Gasteiger partial charge in [0.15, 0.2) is 0 Å². The highest BCUT2D eigenvalue weighted by Crippen LogP contribution is 2.10. The van der Waals surface area contributed by atoms with Crippen LogP contribution in [0.15, 0.2) is 24.3 Å². The Morgan fingerprint density at radius 1 is 0.864 bits per heavy atom. The third-order valence-corrected chi connectivity index (χ3v) is 2.49. The van der Waals surface area contributed by atoms with Gasteiger partial charge >= 0.3 is 0 Å². The van der Waals surface area contributed by atoms with Crippen molar-refractivity contribution in [2.24, 2.45) is 0 Å². The van der Waals surface area contributed by atoms with Crippen LogP contribution in [-0.2, 0) is 11.2 Å². The largest absolute Gasteiger partial charge is 0.497 e. The lowest BCUT2D eigenvalue weighted by Gasteiger charge is -2.00. The van der Waals surface area contributed by atoms with Crippen molar-refractivity contribution in [1.29, 1.82) is 0 Å². The molecule has 3 heteroatoms. The normalized spacial score (nSPS) is 7.82. The molecule has 136 valence electrons. The lowest BCUT2D eigenvalue weighted by Crippen LogP contribution is -2.08. The molecule has 0 N–H and O–H groups in total. The van der Waals surface area contributed by atoms with Crippen LogP contribution in [0, 0.1) is 0 Å². The van der Waals surface area contributed by atoms with Crippen molar-refractivity contribution in [2.75, 3.05) is 41.5 Å². The van der Waals surface area contributed by atoms with Gasteiger partial charge in [-0.3, -0.25) is 0 Å². The average molecular weight is 318 g/mol. The van der Waals surface area contributed by atoms with Crippen molar-refractivity contribution in [2.45, 2.75) is 49.5 Å². The Hall–Kier alpha value is -1.06. The number of hydrogen-bond donors (Lipinski definition) is 0.